The van der Waals surface area contributed by atoms with Gasteiger partial charge in [0, 0.05) is 45.4 Å². The van der Waals surface area contributed by atoms with Crippen molar-refractivity contribution in [2.75, 3.05) is 51.3 Å². The lowest BCUT2D eigenvalue weighted by molar-refractivity contribution is 0.0786. The normalized spacial score (nSPS) is 22.6. The first kappa shape index (κ1) is 16.1. The molecule has 23 heavy (non-hydrogen) atoms. The van der Waals surface area contributed by atoms with Gasteiger partial charge in [0.25, 0.3) is 5.91 Å². The van der Waals surface area contributed by atoms with E-state index in [1.54, 1.807) is 12.4 Å². The minimum atomic E-state index is -0.0158. The number of aromatic nitrogens is 2. The Kier molecular flexibility index (Phi) is 5.07. The second-order valence-corrected chi connectivity index (χ2v) is 6.35. The number of hydrogen-bond donors (Lipinski definition) is 1. The number of aliphatic hydroxyl groups excluding tert-OH is 1. The van der Waals surface area contributed by atoms with E-state index >= 15 is 0 Å². The van der Waals surface area contributed by atoms with Crippen LogP contribution in [0.3, 0.4) is 0 Å². The van der Waals surface area contributed by atoms with Gasteiger partial charge in [-0.2, -0.15) is 0 Å². The number of amides is 1. The van der Waals surface area contributed by atoms with Gasteiger partial charge in [0.1, 0.15) is 11.5 Å². The van der Waals surface area contributed by atoms with Crippen molar-refractivity contribution in [1.29, 1.82) is 0 Å². The zero-order valence-electron chi connectivity index (χ0n) is 13.7. The Morgan fingerprint density at radius 3 is 2.78 bits per heavy atom. The fourth-order valence-electron chi connectivity index (χ4n) is 3.31. The Morgan fingerprint density at radius 2 is 2.04 bits per heavy atom. The van der Waals surface area contributed by atoms with Gasteiger partial charge in [-0.15, -0.1) is 0 Å². The maximum Gasteiger partial charge on any atom is 0.274 e. The lowest BCUT2D eigenvalue weighted by atomic mass is 10.1. The minimum absolute atomic E-state index is 0.0158. The third-order valence-electron chi connectivity index (χ3n) is 4.80. The van der Waals surface area contributed by atoms with Crippen LogP contribution in [0, 0.1) is 0 Å². The van der Waals surface area contributed by atoms with E-state index in [2.05, 4.69) is 26.8 Å². The third kappa shape index (κ3) is 3.61. The van der Waals surface area contributed by atoms with Gasteiger partial charge >= 0.3 is 0 Å². The van der Waals surface area contributed by atoms with Gasteiger partial charge in [-0.3, -0.25) is 14.7 Å². The van der Waals surface area contributed by atoms with Crippen LogP contribution in [0.15, 0.2) is 12.4 Å². The number of likely N-dealkylation sites (tertiary alicyclic amines) is 1. The molecule has 0 saturated carbocycles. The maximum absolute atomic E-state index is 12.5. The summed E-state index contributed by atoms with van der Waals surface area (Å²) in [7, 11) is 2.08. The van der Waals surface area contributed by atoms with Gasteiger partial charge < -0.3 is 14.9 Å². The molecule has 0 aliphatic carbocycles. The van der Waals surface area contributed by atoms with Crippen molar-refractivity contribution in [1.82, 2.24) is 19.8 Å². The van der Waals surface area contributed by atoms with E-state index in [0.29, 0.717) is 11.7 Å². The number of carbonyl (C=O) groups excluding carboxylic acids is 1. The van der Waals surface area contributed by atoms with E-state index in [-0.39, 0.29) is 12.5 Å². The van der Waals surface area contributed by atoms with Crippen molar-refractivity contribution in [2.45, 2.75) is 25.3 Å². The van der Waals surface area contributed by atoms with E-state index in [9.17, 15) is 9.90 Å². The fraction of sp³-hybridized carbons (Fsp3) is 0.688. The Morgan fingerprint density at radius 1 is 1.26 bits per heavy atom. The summed E-state index contributed by atoms with van der Waals surface area (Å²) >= 11 is 0. The summed E-state index contributed by atoms with van der Waals surface area (Å²) in [5.74, 6) is 0.740. The quantitative estimate of drug-likeness (QED) is 0.856. The maximum atomic E-state index is 12.5. The van der Waals surface area contributed by atoms with Crippen LogP contribution in [0.4, 0.5) is 5.82 Å². The number of carbonyl (C=O) groups is 1. The van der Waals surface area contributed by atoms with Gasteiger partial charge in [-0.05, 0) is 26.3 Å². The van der Waals surface area contributed by atoms with Crippen molar-refractivity contribution < 1.29 is 9.90 Å². The van der Waals surface area contributed by atoms with E-state index in [0.717, 1.165) is 57.8 Å². The van der Waals surface area contributed by atoms with Crippen LogP contribution >= 0.6 is 0 Å². The highest BCUT2D eigenvalue weighted by Crippen LogP contribution is 2.18. The molecule has 2 fully saturated rings. The van der Waals surface area contributed by atoms with E-state index in [1.807, 2.05) is 4.90 Å². The monoisotopic (exact) mass is 319 g/mol. The predicted octanol–water partition coefficient (Wildman–Crippen LogP) is 0.215. The second kappa shape index (κ2) is 7.23. The molecule has 1 amide bonds. The largest absolute Gasteiger partial charge is 0.396 e. The third-order valence-corrected chi connectivity index (χ3v) is 4.80. The van der Waals surface area contributed by atoms with Crippen molar-refractivity contribution in [3.8, 4) is 0 Å². The Hall–Kier alpha value is -1.73. The molecule has 1 unspecified atom stereocenters. The summed E-state index contributed by atoms with van der Waals surface area (Å²) in [5.41, 5.74) is 0.432. The molecule has 126 valence electrons. The van der Waals surface area contributed by atoms with E-state index < -0.39 is 0 Å². The first-order valence-electron chi connectivity index (χ1n) is 8.36. The van der Waals surface area contributed by atoms with Crippen LogP contribution in [0.25, 0.3) is 0 Å². The van der Waals surface area contributed by atoms with Crippen molar-refractivity contribution >= 4 is 11.7 Å². The van der Waals surface area contributed by atoms with Crippen LogP contribution in [0.1, 0.15) is 29.8 Å². The van der Waals surface area contributed by atoms with Crippen LogP contribution < -0.4 is 4.90 Å². The lowest BCUT2D eigenvalue weighted by Gasteiger charge is -2.39. The average molecular weight is 319 g/mol. The Bertz CT molecular complexity index is 547. The fourth-order valence-corrected chi connectivity index (χ4v) is 3.31. The van der Waals surface area contributed by atoms with Crippen molar-refractivity contribution in [3.63, 3.8) is 0 Å². The number of rotatable bonds is 4. The molecule has 3 rings (SSSR count). The molecule has 2 saturated heterocycles. The summed E-state index contributed by atoms with van der Waals surface area (Å²) in [4.78, 5) is 27.5. The Balaban J connectivity index is 1.72. The van der Waals surface area contributed by atoms with Crippen LogP contribution in [0.5, 0.6) is 0 Å². The average Bonchev–Trinajstić information content (AvgIpc) is 3.11. The number of anilines is 1. The van der Waals surface area contributed by atoms with Crippen molar-refractivity contribution in [3.05, 3.63) is 18.1 Å². The summed E-state index contributed by atoms with van der Waals surface area (Å²) in [6.07, 6.45) is 6.17. The molecule has 1 N–H and O–H groups in total. The topological polar surface area (TPSA) is 72.8 Å². The molecule has 1 aromatic rings. The molecule has 1 atom stereocenters. The molecule has 7 heteroatoms. The second-order valence-electron chi connectivity index (χ2n) is 6.35. The summed E-state index contributed by atoms with van der Waals surface area (Å²) in [6, 6.07) is 0.300. The molecule has 2 aliphatic rings. The molecule has 0 spiro atoms. The standard InChI is InChI=1S/C16H25N5O2/c1-19-7-8-21(12-13(19)4-9-22)15-11-17-10-14(18-15)16(23)20-5-2-3-6-20/h10-11,13,22H,2-9,12H2,1H3. The summed E-state index contributed by atoms with van der Waals surface area (Å²) < 4.78 is 0. The van der Waals surface area contributed by atoms with Gasteiger partial charge in [0.15, 0.2) is 0 Å². The number of nitrogens with zero attached hydrogens (tertiary/aromatic N) is 5. The van der Waals surface area contributed by atoms with E-state index in [4.69, 9.17) is 0 Å². The Labute approximate surface area is 136 Å². The number of likely N-dealkylation sites (N-methyl/N-ethyl adjacent to an activating group) is 1. The van der Waals surface area contributed by atoms with Crippen molar-refractivity contribution in [2.24, 2.45) is 0 Å². The first-order chi connectivity index (χ1) is 11.2. The number of aliphatic hydroxyl groups is 1. The highest BCUT2D eigenvalue weighted by atomic mass is 16.3. The summed E-state index contributed by atoms with van der Waals surface area (Å²) in [5, 5.41) is 9.21. The van der Waals surface area contributed by atoms with Crippen LogP contribution in [0.2, 0.25) is 0 Å². The molecular formula is C16H25N5O2. The highest BCUT2D eigenvalue weighted by molar-refractivity contribution is 5.92. The zero-order chi connectivity index (χ0) is 16.2. The molecule has 7 nitrogen and oxygen atoms in total. The first-order valence-corrected chi connectivity index (χ1v) is 8.36. The molecule has 0 bridgehead atoms. The molecule has 2 aliphatic heterocycles. The SMILES string of the molecule is CN1CCN(c2cncc(C(=O)N3CCCC3)n2)CC1CCO. The highest BCUT2D eigenvalue weighted by Gasteiger charge is 2.26. The predicted molar refractivity (Wildman–Crippen MR) is 87.5 cm³/mol. The van der Waals surface area contributed by atoms with Gasteiger partial charge in [-0.25, -0.2) is 4.98 Å². The van der Waals surface area contributed by atoms with Crippen LogP contribution in [-0.2, 0) is 0 Å². The molecule has 1 aromatic heterocycles. The van der Waals surface area contributed by atoms with Gasteiger partial charge in [-0.1, -0.05) is 0 Å². The van der Waals surface area contributed by atoms with Gasteiger partial charge in [0.2, 0.25) is 0 Å². The number of hydrogen-bond acceptors (Lipinski definition) is 6. The number of piperazine rings is 1. The van der Waals surface area contributed by atoms with E-state index in [1.165, 1.54) is 0 Å². The molecule has 3 heterocycles. The molecular weight excluding hydrogens is 294 g/mol. The minimum Gasteiger partial charge on any atom is -0.396 e. The molecule has 0 aromatic carbocycles. The smallest absolute Gasteiger partial charge is 0.274 e. The van der Waals surface area contributed by atoms with Crippen LogP contribution in [-0.4, -0.2) is 83.2 Å². The zero-order valence-corrected chi connectivity index (χ0v) is 13.7. The lowest BCUT2D eigenvalue weighted by Crippen LogP contribution is -2.52. The molecule has 0 radical (unpaired) electrons. The van der Waals surface area contributed by atoms with Gasteiger partial charge in [0.05, 0.1) is 12.4 Å². The summed E-state index contributed by atoms with van der Waals surface area (Å²) in [6.45, 7) is 4.38.